The predicted molar refractivity (Wildman–Crippen MR) is 98.2 cm³/mol. The van der Waals surface area contributed by atoms with E-state index in [1.807, 2.05) is 6.07 Å². The maximum Gasteiger partial charge on any atom is 0.355 e. The molecule has 0 bridgehead atoms. The minimum atomic E-state index is -0.868. The molecule has 4 amide bonds. The van der Waals surface area contributed by atoms with Gasteiger partial charge >= 0.3 is 12.0 Å². The Morgan fingerprint density at radius 3 is 2.18 bits per heavy atom. The van der Waals surface area contributed by atoms with Crippen LogP contribution in [0, 0.1) is 0 Å². The van der Waals surface area contributed by atoms with Gasteiger partial charge in [-0.15, -0.1) is 0 Å². The summed E-state index contributed by atoms with van der Waals surface area (Å²) in [5.74, 6) is -2.19. The van der Waals surface area contributed by atoms with E-state index in [2.05, 4.69) is 5.32 Å². The van der Waals surface area contributed by atoms with Crippen molar-refractivity contribution in [2.75, 3.05) is 11.9 Å². The Morgan fingerprint density at radius 2 is 1.54 bits per heavy atom. The van der Waals surface area contributed by atoms with Crippen LogP contribution in [0.4, 0.5) is 10.5 Å². The molecule has 0 spiro atoms. The van der Waals surface area contributed by atoms with Gasteiger partial charge in [-0.05, 0) is 37.1 Å². The fraction of sp³-hybridized carbons (Fsp3) is 0.200. The summed E-state index contributed by atoms with van der Waals surface area (Å²) in [6.45, 7) is 0.376. The smallest absolute Gasteiger partial charge is 0.327 e. The van der Waals surface area contributed by atoms with Gasteiger partial charge in [0, 0.05) is 12.2 Å². The molecule has 0 aromatic heterocycles. The summed E-state index contributed by atoms with van der Waals surface area (Å²) in [4.78, 5) is 56.3. The van der Waals surface area contributed by atoms with E-state index >= 15 is 0 Å². The molecule has 0 aliphatic carbocycles. The number of amides is 4. The number of hydroxylamine groups is 2. The molecule has 142 valence electrons. The van der Waals surface area contributed by atoms with Crippen LogP contribution in [0.3, 0.4) is 0 Å². The quantitative estimate of drug-likeness (QED) is 0.827. The van der Waals surface area contributed by atoms with Crippen LogP contribution >= 0.6 is 0 Å². The van der Waals surface area contributed by atoms with Crippen molar-refractivity contribution in [2.24, 2.45) is 0 Å². The Morgan fingerprint density at radius 1 is 0.929 bits per heavy atom. The monoisotopic (exact) mass is 379 g/mol. The highest BCUT2D eigenvalue weighted by molar-refractivity contribution is 6.21. The van der Waals surface area contributed by atoms with Gasteiger partial charge in [0.05, 0.1) is 11.1 Å². The van der Waals surface area contributed by atoms with E-state index in [1.165, 1.54) is 17.0 Å². The molecule has 28 heavy (non-hydrogen) atoms. The van der Waals surface area contributed by atoms with Gasteiger partial charge in [0.1, 0.15) is 6.04 Å². The highest BCUT2D eigenvalue weighted by Gasteiger charge is 2.42. The topological polar surface area (TPSA) is 96.0 Å². The van der Waals surface area contributed by atoms with Crippen molar-refractivity contribution >= 4 is 29.5 Å². The maximum absolute atomic E-state index is 12.6. The summed E-state index contributed by atoms with van der Waals surface area (Å²) in [5.41, 5.74) is 0.975. The van der Waals surface area contributed by atoms with Crippen molar-refractivity contribution in [1.29, 1.82) is 0 Å². The molecular weight excluding hydrogens is 362 g/mol. The second-order valence-electron chi connectivity index (χ2n) is 6.51. The van der Waals surface area contributed by atoms with E-state index in [1.54, 1.807) is 36.4 Å². The Hall–Kier alpha value is -3.68. The van der Waals surface area contributed by atoms with Crippen LogP contribution in [-0.4, -0.2) is 46.4 Å². The van der Waals surface area contributed by atoms with E-state index in [0.29, 0.717) is 30.1 Å². The molecular formula is C20H17N3O5. The van der Waals surface area contributed by atoms with Crippen LogP contribution in [-0.2, 0) is 9.63 Å². The molecule has 2 aromatic rings. The number of rotatable bonds is 3. The van der Waals surface area contributed by atoms with Gasteiger partial charge in [-0.3, -0.25) is 9.59 Å². The van der Waals surface area contributed by atoms with E-state index in [0.717, 1.165) is 0 Å². The first-order valence-electron chi connectivity index (χ1n) is 8.88. The Balaban J connectivity index is 1.45. The zero-order valence-corrected chi connectivity index (χ0v) is 14.8. The average molecular weight is 379 g/mol. The largest absolute Gasteiger partial charge is 0.355 e. The molecule has 8 heteroatoms. The summed E-state index contributed by atoms with van der Waals surface area (Å²) >= 11 is 0. The maximum atomic E-state index is 12.6. The van der Waals surface area contributed by atoms with Gasteiger partial charge < -0.3 is 15.1 Å². The number of hydrogen-bond acceptors (Lipinski definition) is 5. The number of nitrogens with zero attached hydrogens (tertiary/aromatic N) is 2. The molecule has 2 aliphatic rings. The van der Waals surface area contributed by atoms with Gasteiger partial charge in [-0.25, -0.2) is 9.59 Å². The van der Waals surface area contributed by atoms with Crippen LogP contribution < -0.4 is 5.32 Å². The number of benzene rings is 2. The Bertz CT molecular complexity index is 924. The lowest BCUT2D eigenvalue weighted by molar-refractivity contribution is -0.173. The van der Waals surface area contributed by atoms with E-state index in [9.17, 15) is 19.2 Å². The molecule has 2 heterocycles. The number of carbonyl (C=O) groups is 4. The van der Waals surface area contributed by atoms with Crippen molar-refractivity contribution in [3.63, 3.8) is 0 Å². The van der Waals surface area contributed by atoms with Crippen molar-refractivity contribution in [3.05, 3.63) is 65.7 Å². The summed E-state index contributed by atoms with van der Waals surface area (Å²) in [7, 11) is 0. The summed E-state index contributed by atoms with van der Waals surface area (Å²) in [5, 5.41) is 3.20. The zero-order chi connectivity index (χ0) is 19.7. The molecule has 2 aromatic carbocycles. The fourth-order valence-corrected chi connectivity index (χ4v) is 3.37. The fourth-order valence-electron chi connectivity index (χ4n) is 3.37. The number of nitrogens with one attached hydrogen (secondary N) is 1. The van der Waals surface area contributed by atoms with Gasteiger partial charge in [-0.1, -0.05) is 35.4 Å². The molecule has 8 nitrogen and oxygen atoms in total. The van der Waals surface area contributed by atoms with Crippen molar-refractivity contribution < 1.29 is 24.0 Å². The van der Waals surface area contributed by atoms with Crippen molar-refractivity contribution in [2.45, 2.75) is 18.9 Å². The second-order valence-corrected chi connectivity index (χ2v) is 6.51. The predicted octanol–water partition coefficient (Wildman–Crippen LogP) is 2.44. The Labute approximate surface area is 160 Å². The first-order valence-corrected chi connectivity index (χ1v) is 8.88. The van der Waals surface area contributed by atoms with Crippen LogP contribution in [0.5, 0.6) is 0 Å². The number of hydrogen-bond donors (Lipinski definition) is 1. The molecule has 2 aliphatic heterocycles. The number of anilines is 1. The van der Waals surface area contributed by atoms with Gasteiger partial charge in [0.25, 0.3) is 11.8 Å². The molecule has 0 radical (unpaired) electrons. The lowest BCUT2D eigenvalue weighted by atomic mass is 10.1. The van der Waals surface area contributed by atoms with Crippen LogP contribution in [0.1, 0.15) is 33.6 Å². The average Bonchev–Trinajstić information content (AvgIpc) is 3.29. The minimum Gasteiger partial charge on any atom is -0.327 e. The van der Waals surface area contributed by atoms with Crippen molar-refractivity contribution in [1.82, 2.24) is 9.96 Å². The van der Waals surface area contributed by atoms with E-state index < -0.39 is 29.9 Å². The minimum absolute atomic E-state index is 0.186. The molecule has 0 unspecified atom stereocenters. The lowest BCUT2D eigenvalue weighted by Gasteiger charge is -2.24. The summed E-state index contributed by atoms with van der Waals surface area (Å²) in [6, 6.07) is 13.8. The molecule has 1 N–H and O–H groups in total. The molecule has 4 rings (SSSR count). The second kappa shape index (κ2) is 7.15. The summed E-state index contributed by atoms with van der Waals surface area (Å²) in [6.07, 6.45) is 1.01. The number of fused-ring (bicyclic) bond motifs is 1. The first-order chi connectivity index (χ1) is 13.6. The normalized spacial score (nSPS) is 18.2. The molecule has 1 atom stereocenters. The van der Waals surface area contributed by atoms with Gasteiger partial charge in [0.15, 0.2) is 0 Å². The van der Waals surface area contributed by atoms with Gasteiger partial charge in [-0.2, -0.15) is 0 Å². The third-order valence-electron chi connectivity index (χ3n) is 4.75. The molecule has 0 saturated carbocycles. The first kappa shape index (κ1) is 17.7. The number of likely N-dealkylation sites (tertiary alicyclic amines) is 1. The highest BCUT2D eigenvalue weighted by atomic mass is 16.7. The van der Waals surface area contributed by atoms with Crippen molar-refractivity contribution in [3.8, 4) is 0 Å². The number of imide groups is 1. The van der Waals surface area contributed by atoms with Crippen LogP contribution in [0.15, 0.2) is 54.6 Å². The number of urea groups is 1. The number of para-hydroxylation sites is 1. The highest BCUT2D eigenvalue weighted by Crippen LogP contribution is 2.25. The number of carbonyl (C=O) groups excluding carboxylic acids is 4. The standard InChI is InChI=1S/C20H17N3O5/c24-17-14-9-4-5-10-15(14)18(25)23(17)28-19(26)16-11-6-12-22(16)20(27)21-13-7-2-1-3-8-13/h1-5,7-10,16H,6,11-12H2,(H,21,27)/t16-/m0/s1. The van der Waals surface area contributed by atoms with Crippen LogP contribution in [0.25, 0.3) is 0 Å². The van der Waals surface area contributed by atoms with E-state index in [4.69, 9.17) is 4.84 Å². The zero-order valence-electron chi connectivity index (χ0n) is 14.8. The van der Waals surface area contributed by atoms with Gasteiger partial charge in [0.2, 0.25) is 0 Å². The summed E-state index contributed by atoms with van der Waals surface area (Å²) < 4.78 is 0. The molecule has 1 saturated heterocycles. The lowest BCUT2D eigenvalue weighted by Crippen LogP contribution is -2.46. The third-order valence-corrected chi connectivity index (χ3v) is 4.75. The SMILES string of the molecule is O=C(ON1C(=O)c2ccccc2C1=O)[C@@H]1CCCN1C(=O)Nc1ccccc1. The Kier molecular flexibility index (Phi) is 4.52. The molecule has 1 fully saturated rings. The van der Waals surface area contributed by atoms with Crippen LogP contribution in [0.2, 0.25) is 0 Å². The third kappa shape index (κ3) is 3.09. The van der Waals surface area contributed by atoms with E-state index in [-0.39, 0.29) is 11.1 Å².